The van der Waals surface area contributed by atoms with Crippen LogP contribution in [-0.4, -0.2) is 43.1 Å². The van der Waals surface area contributed by atoms with Gasteiger partial charge in [0.05, 0.1) is 6.61 Å². The van der Waals surface area contributed by atoms with Crippen LogP contribution in [0.3, 0.4) is 0 Å². The van der Waals surface area contributed by atoms with E-state index in [0.717, 1.165) is 50.2 Å². The van der Waals surface area contributed by atoms with E-state index in [0.29, 0.717) is 12.6 Å². The summed E-state index contributed by atoms with van der Waals surface area (Å²) in [6.07, 6.45) is 3.04. The van der Waals surface area contributed by atoms with E-state index in [9.17, 15) is 4.79 Å². The Morgan fingerprint density at radius 3 is 2.76 bits per heavy atom. The van der Waals surface area contributed by atoms with Gasteiger partial charge in [-0.15, -0.1) is 0 Å². The van der Waals surface area contributed by atoms with Crippen LogP contribution in [0.5, 0.6) is 5.75 Å². The van der Waals surface area contributed by atoms with Crippen molar-refractivity contribution < 1.29 is 9.53 Å². The third-order valence-corrected chi connectivity index (χ3v) is 3.83. The predicted molar refractivity (Wildman–Crippen MR) is 84.8 cm³/mol. The molecule has 4 heteroatoms. The lowest BCUT2D eigenvalue weighted by molar-refractivity contribution is 0.0705. The van der Waals surface area contributed by atoms with Gasteiger partial charge in [0.25, 0.3) is 5.91 Å². The average molecular weight is 290 g/mol. The third-order valence-electron chi connectivity index (χ3n) is 3.83. The van der Waals surface area contributed by atoms with Crippen molar-refractivity contribution in [2.45, 2.75) is 39.2 Å². The monoisotopic (exact) mass is 290 g/mol. The van der Waals surface area contributed by atoms with Crippen LogP contribution in [0.15, 0.2) is 24.3 Å². The van der Waals surface area contributed by atoms with Crippen molar-refractivity contribution in [3.05, 3.63) is 29.8 Å². The summed E-state index contributed by atoms with van der Waals surface area (Å²) in [7, 11) is 0. The van der Waals surface area contributed by atoms with Crippen LogP contribution in [-0.2, 0) is 0 Å². The minimum Gasteiger partial charge on any atom is -0.494 e. The zero-order valence-electron chi connectivity index (χ0n) is 13.1. The largest absolute Gasteiger partial charge is 0.494 e. The molecule has 4 nitrogen and oxygen atoms in total. The van der Waals surface area contributed by atoms with Crippen LogP contribution >= 0.6 is 0 Å². The number of amides is 1. The highest BCUT2D eigenvalue weighted by atomic mass is 16.5. The molecule has 1 aliphatic heterocycles. The first kappa shape index (κ1) is 15.8. The summed E-state index contributed by atoms with van der Waals surface area (Å²) in [4.78, 5) is 14.5. The zero-order chi connectivity index (χ0) is 15.1. The molecule has 2 rings (SSSR count). The first-order valence-electron chi connectivity index (χ1n) is 8.00. The van der Waals surface area contributed by atoms with Gasteiger partial charge < -0.3 is 15.0 Å². The lowest BCUT2D eigenvalue weighted by Gasteiger charge is -2.32. The first-order valence-corrected chi connectivity index (χ1v) is 8.00. The fourth-order valence-corrected chi connectivity index (χ4v) is 2.70. The van der Waals surface area contributed by atoms with Gasteiger partial charge in [0.15, 0.2) is 0 Å². The maximum Gasteiger partial charge on any atom is 0.253 e. The molecule has 0 aromatic heterocycles. The minimum atomic E-state index is 0.117. The second kappa shape index (κ2) is 8.03. The van der Waals surface area contributed by atoms with Gasteiger partial charge in [0, 0.05) is 24.7 Å². The molecule has 1 aliphatic rings. The number of hydrogen-bond donors (Lipinski definition) is 1. The number of ether oxygens (including phenoxy) is 1. The van der Waals surface area contributed by atoms with Gasteiger partial charge in [-0.25, -0.2) is 0 Å². The molecule has 1 aromatic rings. The summed E-state index contributed by atoms with van der Waals surface area (Å²) in [5.74, 6) is 0.900. The first-order chi connectivity index (χ1) is 10.2. The Morgan fingerprint density at radius 1 is 1.33 bits per heavy atom. The molecule has 21 heavy (non-hydrogen) atoms. The Morgan fingerprint density at radius 2 is 2.10 bits per heavy atom. The number of piperidine rings is 1. The summed E-state index contributed by atoms with van der Waals surface area (Å²) >= 11 is 0. The van der Waals surface area contributed by atoms with Crippen molar-refractivity contribution in [3.8, 4) is 5.75 Å². The fourth-order valence-electron chi connectivity index (χ4n) is 2.70. The summed E-state index contributed by atoms with van der Waals surface area (Å²) < 4.78 is 5.60. The van der Waals surface area contributed by atoms with Crippen LogP contribution in [0.25, 0.3) is 0 Å². The second-order valence-corrected chi connectivity index (χ2v) is 5.50. The standard InChI is InChI=1S/C17H26N2O2/c1-3-12-21-16-7-5-6-14(13-16)17(20)19-10-8-15(9-11-19)18-4-2/h5-7,13,15,18H,3-4,8-12H2,1-2H3. The molecule has 1 heterocycles. The van der Waals surface area contributed by atoms with Gasteiger partial charge in [0.1, 0.15) is 5.75 Å². The molecule has 116 valence electrons. The Kier molecular flexibility index (Phi) is 6.05. The molecule has 1 aromatic carbocycles. The molecular formula is C17H26N2O2. The summed E-state index contributed by atoms with van der Waals surface area (Å²) in [6.45, 7) is 7.54. The second-order valence-electron chi connectivity index (χ2n) is 5.50. The molecule has 0 radical (unpaired) electrons. The zero-order valence-corrected chi connectivity index (χ0v) is 13.1. The lowest BCUT2D eigenvalue weighted by Crippen LogP contribution is -2.44. The fraction of sp³-hybridized carbons (Fsp3) is 0.588. The maximum atomic E-state index is 12.5. The SMILES string of the molecule is CCCOc1cccc(C(=O)N2CCC(NCC)CC2)c1. The molecule has 0 unspecified atom stereocenters. The molecule has 1 amide bonds. The highest BCUT2D eigenvalue weighted by molar-refractivity contribution is 5.94. The number of nitrogens with zero attached hydrogens (tertiary/aromatic N) is 1. The van der Waals surface area contributed by atoms with E-state index in [1.807, 2.05) is 29.2 Å². The third kappa shape index (κ3) is 4.46. The molecule has 0 atom stereocenters. The number of hydrogen-bond acceptors (Lipinski definition) is 3. The number of nitrogens with one attached hydrogen (secondary N) is 1. The molecule has 1 N–H and O–H groups in total. The maximum absolute atomic E-state index is 12.5. The topological polar surface area (TPSA) is 41.6 Å². The van der Waals surface area contributed by atoms with Gasteiger partial charge in [0.2, 0.25) is 0 Å². The smallest absolute Gasteiger partial charge is 0.253 e. The van der Waals surface area contributed by atoms with Crippen LogP contribution < -0.4 is 10.1 Å². The Balaban J connectivity index is 1.94. The molecule has 1 fully saturated rings. The number of benzene rings is 1. The van der Waals surface area contributed by atoms with Gasteiger partial charge in [-0.05, 0) is 44.0 Å². The Labute approximate surface area is 127 Å². The molecular weight excluding hydrogens is 264 g/mol. The summed E-state index contributed by atoms with van der Waals surface area (Å²) in [6, 6.07) is 8.08. The van der Waals surface area contributed by atoms with E-state index >= 15 is 0 Å². The molecule has 1 saturated heterocycles. The van der Waals surface area contributed by atoms with Crippen LogP contribution in [0.4, 0.5) is 0 Å². The average Bonchev–Trinajstić information content (AvgIpc) is 2.53. The van der Waals surface area contributed by atoms with Crippen molar-refractivity contribution in [2.75, 3.05) is 26.2 Å². The van der Waals surface area contributed by atoms with Gasteiger partial charge in [-0.2, -0.15) is 0 Å². The quantitative estimate of drug-likeness (QED) is 0.876. The van der Waals surface area contributed by atoms with E-state index in [1.165, 1.54) is 0 Å². The van der Waals surface area contributed by atoms with Crippen molar-refractivity contribution in [2.24, 2.45) is 0 Å². The van der Waals surface area contributed by atoms with E-state index < -0.39 is 0 Å². The van der Waals surface area contributed by atoms with Crippen LogP contribution in [0.2, 0.25) is 0 Å². The van der Waals surface area contributed by atoms with Gasteiger partial charge in [-0.3, -0.25) is 4.79 Å². The lowest BCUT2D eigenvalue weighted by atomic mass is 10.0. The molecule has 0 saturated carbocycles. The Bertz CT molecular complexity index is 454. The van der Waals surface area contributed by atoms with E-state index in [1.54, 1.807) is 0 Å². The number of likely N-dealkylation sites (tertiary alicyclic amines) is 1. The van der Waals surface area contributed by atoms with Gasteiger partial charge in [-0.1, -0.05) is 19.9 Å². The van der Waals surface area contributed by atoms with Crippen LogP contribution in [0.1, 0.15) is 43.5 Å². The van der Waals surface area contributed by atoms with Crippen molar-refractivity contribution in [3.63, 3.8) is 0 Å². The van der Waals surface area contributed by atoms with Crippen molar-refractivity contribution in [1.82, 2.24) is 10.2 Å². The summed E-state index contributed by atoms with van der Waals surface area (Å²) in [5, 5.41) is 3.46. The van der Waals surface area contributed by atoms with Crippen LogP contribution in [0, 0.1) is 0 Å². The van der Waals surface area contributed by atoms with Gasteiger partial charge >= 0.3 is 0 Å². The number of carbonyl (C=O) groups is 1. The number of rotatable bonds is 6. The van der Waals surface area contributed by atoms with E-state index in [4.69, 9.17) is 4.74 Å². The molecule has 0 spiro atoms. The highest BCUT2D eigenvalue weighted by Crippen LogP contribution is 2.18. The highest BCUT2D eigenvalue weighted by Gasteiger charge is 2.23. The Hall–Kier alpha value is -1.55. The van der Waals surface area contributed by atoms with Crippen molar-refractivity contribution >= 4 is 5.91 Å². The summed E-state index contributed by atoms with van der Waals surface area (Å²) in [5.41, 5.74) is 0.727. The molecule has 0 aliphatic carbocycles. The molecule has 0 bridgehead atoms. The van der Waals surface area contributed by atoms with Crippen molar-refractivity contribution in [1.29, 1.82) is 0 Å². The van der Waals surface area contributed by atoms with E-state index in [2.05, 4.69) is 19.2 Å². The minimum absolute atomic E-state index is 0.117. The number of carbonyl (C=O) groups excluding carboxylic acids is 1. The normalized spacial score (nSPS) is 16.0. The van der Waals surface area contributed by atoms with E-state index in [-0.39, 0.29) is 5.91 Å². The predicted octanol–water partition coefficient (Wildman–Crippen LogP) is 2.69.